The lowest BCUT2D eigenvalue weighted by molar-refractivity contribution is 0.416. The summed E-state index contributed by atoms with van der Waals surface area (Å²) in [6.07, 6.45) is 0. The molecule has 0 amide bonds. The average molecular weight is 407 g/mol. The molecule has 144 valence electrons. The predicted molar refractivity (Wildman–Crippen MR) is 105 cm³/mol. The largest absolute Gasteiger partial charge is 0.496 e. The summed E-state index contributed by atoms with van der Waals surface area (Å²) in [5.41, 5.74) is 1.08. The SMILES string of the molecule is COc1ccccc1-c1nnc(S(=O)(=O)Cc2csc(C(C)(C)C)n2)n1C. The van der Waals surface area contributed by atoms with Gasteiger partial charge in [0.25, 0.3) is 0 Å². The molecule has 1 aromatic carbocycles. The summed E-state index contributed by atoms with van der Waals surface area (Å²) < 4.78 is 32.6. The predicted octanol–water partition coefficient (Wildman–Crippen LogP) is 3.22. The van der Waals surface area contributed by atoms with E-state index in [-0.39, 0.29) is 16.3 Å². The lowest BCUT2D eigenvalue weighted by Gasteiger charge is -2.13. The van der Waals surface area contributed by atoms with Crippen molar-refractivity contribution in [1.82, 2.24) is 19.7 Å². The second-order valence-corrected chi connectivity index (χ2v) is 9.96. The number of ether oxygens (including phenoxy) is 1. The van der Waals surface area contributed by atoms with Crippen LogP contribution in [-0.4, -0.2) is 35.3 Å². The molecule has 0 aliphatic rings. The molecule has 0 fully saturated rings. The van der Waals surface area contributed by atoms with Crippen LogP contribution in [0.2, 0.25) is 0 Å². The molecule has 27 heavy (non-hydrogen) atoms. The quantitative estimate of drug-likeness (QED) is 0.647. The molecule has 7 nitrogen and oxygen atoms in total. The number of benzene rings is 1. The number of sulfone groups is 1. The normalized spacial score (nSPS) is 12.3. The zero-order valence-corrected chi connectivity index (χ0v) is 17.6. The van der Waals surface area contributed by atoms with E-state index in [1.54, 1.807) is 25.6 Å². The first-order chi connectivity index (χ1) is 12.6. The van der Waals surface area contributed by atoms with E-state index in [4.69, 9.17) is 4.74 Å². The van der Waals surface area contributed by atoms with Crippen molar-refractivity contribution in [3.8, 4) is 17.1 Å². The number of thiazole rings is 1. The van der Waals surface area contributed by atoms with Gasteiger partial charge in [0.2, 0.25) is 15.0 Å². The van der Waals surface area contributed by atoms with Crippen molar-refractivity contribution in [3.05, 3.63) is 40.3 Å². The van der Waals surface area contributed by atoms with Crippen molar-refractivity contribution in [1.29, 1.82) is 0 Å². The first-order valence-electron chi connectivity index (χ1n) is 8.34. The van der Waals surface area contributed by atoms with Gasteiger partial charge in [-0.25, -0.2) is 13.4 Å². The molecule has 0 spiro atoms. The molecule has 0 radical (unpaired) electrons. The Balaban J connectivity index is 1.95. The van der Waals surface area contributed by atoms with Crippen LogP contribution in [0, 0.1) is 0 Å². The molecule has 0 aliphatic carbocycles. The molecule has 3 rings (SSSR count). The third kappa shape index (κ3) is 3.89. The fourth-order valence-electron chi connectivity index (χ4n) is 2.63. The van der Waals surface area contributed by atoms with E-state index in [0.717, 1.165) is 5.01 Å². The second-order valence-electron chi connectivity index (χ2n) is 7.22. The highest BCUT2D eigenvalue weighted by Crippen LogP contribution is 2.30. The lowest BCUT2D eigenvalue weighted by atomic mass is 9.98. The van der Waals surface area contributed by atoms with Crippen LogP contribution in [0.4, 0.5) is 0 Å². The van der Waals surface area contributed by atoms with Crippen molar-refractivity contribution in [2.45, 2.75) is 37.1 Å². The monoisotopic (exact) mass is 406 g/mol. The van der Waals surface area contributed by atoms with E-state index in [2.05, 4.69) is 15.2 Å². The number of para-hydroxylation sites is 1. The smallest absolute Gasteiger partial charge is 0.250 e. The molecule has 0 bridgehead atoms. The number of aromatic nitrogens is 4. The summed E-state index contributed by atoms with van der Waals surface area (Å²) in [6.45, 7) is 6.14. The van der Waals surface area contributed by atoms with Crippen molar-refractivity contribution < 1.29 is 13.2 Å². The Bertz CT molecular complexity index is 1060. The van der Waals surface area contributed by atoms with E-state index in [1.807, 2.05) is 39.0 Å². The third-order valence-corrected chi connectivity index (χ3v) is 6.90. The van der Waals surface area contributed by atoms with Crippen molar-refractivity contribution in [2.75, 3.05) is 7.11 Å². The summed E-state index contributed by atoms with van der Waals surface area (Å²) in [5, 5.41) is 10.6. The van der Waals surface area contributed by atoms with Crippen LogP contribution in [0.1, 0.15) is 31.5 Å². The van der Waals surface area contributed by atoms with Crippen LogP contribution in [0.5, 0.6) is 5.75 Å². The van der Waals surface area contributed by atoms with Gasteiger partial charge in [0.1, 0.15) is 11.5 Å². The molecule has 0 atom stereocenters. The number of hydrogen-bond acceptors (Lipinski definition) is 7. The maximum absolute atomic E-state index is 12.9. The maximum atomic E-state index is 12.9. The molecule has 0 N–H and O–H groups in total. The summed E-state index contributed by atoms with van der Waals surface area (Å²) in [4.78, 5) is 4.48. The van der Waals surface area contributed by atoms with Gasteiger partial charge in [-0.05, 0) is 12.1 Å². The van der Waals surface area contributed by atoms with Crippen LogP contribution < -0.4 is 4.74 Å². The number of hydrogen-bond donors (Lipinski definition) is 0. The highest BCUT2D eigenvalue weighted by Gasteiger charge is 2.27. The topological polar surface area (TPSA) is 87.0 Å². The van der Waals surface area contributed by atoms with E-state index >= 15 is 0 Å². The standard InChI is InChI=1S/C18H22N4O3S2/c1-18(2,3)16-19-12(10-26-16)11-27(23,24)17-21-20-15(22(17)4)13-8-6-7-9-14(13)25-5/h6-10H,11H2,1-5H3. The molecule has 3 aromatic rings. The maximum Gasteiger partial charge on any atom is 0.250 e. The number of rotatable bonds is 5. The van der Waals surface area contributed by atoms with E-state index in [0.29, 0.717) is 22.8 Å². The molecule has 9 heteroatoms. The van der Waals surface area contributed by atoms with Crippen LogP contribution in [0.15, 0.2) is 34.8 Å². The van der Waals surface area contributed by atoms with E-state index in [9.17, 15) is 8.42 Å². The molecular formula is C18H22N4O3S2. The highest BCUT2D eigenvalue weighted by atomic mass is 32.2. The molecule has 2 heterocycles. The van der Waals surface area contributed by atoms with Gasteiger partial charge in [-0.2, -0.15) is 0 Å². The van der Waals surface area contributed by atoms with Gasteiger partial charge in [0.15, 0.2) is 5.82 Å². The lowest BCUT2D eigenvalue weighted by Crippen LogP contribution is -2.13. The van der Waals surface area contributed by atoms with Crippen LogP contribution in [0.3, 0.4) is 0 Å². The van der Waals surface area contributed by atoms with Gasteiger partial charge in [-0.1, -0.05) is 32.9 Å². The second kappa shape index (κ2) is 7.05. The van der Waals surface area contributed by atoms with Crippen molar-refractivity contribution in [3.63, 3.8) is 0 Å². The number of methoxy groups -OCH3 is 1. The Morgan fingerprint density at radius 1 is 1.19 bits per heavy atom. The molecule has 0 aliphatic heterocycles. The molecule has 0 unspecified atom stereocenters. The first-order valence-corrected chi connectivity index (χ1v) is 10.9. The summed E-state index contributed by atoms with van der Waals surface area (Å²) in [7, 11) is -0.498. The van der Waals surface area contributed by atoms with Gasteiger partial charge in [-0.3, -0.25) is 0 Å². The molecule has 0 saturated heterocycles. The molecule has 0 saturated carbocycles. The van der Waals surface area contributed by atoms with Crippen molar-refractivity contribution >= 4 is 21.2 Å². The Morgan fingerprint density at radius 2 is 1.89 bits per heavy atom. The van der Waals surface area contributed by atoms with Gasteiger partial charge < -0.3 is 9.30 Å². The zero-order chi connectivity index (χ0) is 19.8. The fraction of sp³-hybridized carbons (Fsp3) is 0.389. The van der Waals surface area contributed by atoms with E-state index < -0.39 is 9.84 Å². The Kier molecular flexibility index (Phi) is 5.09. The van der Waals surface area contributed by atoms with Gasteiger partial charge in [0.05, 0.1) is 23.4 Å². The Morgan fingerprint density at radius 3 is 2.52 bits per heavy atom. The van der Waals surface area contributed by atoms with Crippen LogP contribution >= 0.6 is 11.3 Å². The minimum absolute atomic E-state index is 0.0892. The molecule has 2 aromatic heterocycles. The number of nitrogens with zero attached hydrogens (tertiary/aromatic N) is 4. The van der Waals surface area contributed by atoms with Crippen LogP contribution in [0.25, 0.3) is 11.4 Å². The van der Waals surface area contributed by atoms with Gasteiger partial charge in [-0.15, -0.1) is 21.5 Å². The van der Waals surface area contributed by atoms with Gasteiger partial charge in [0, 0.05) is 17.8 Å². The Labute approximate surface area is 163 Å². The fourth-order valence-corrected chi connectivity index (χ4v) is 4.97. The third-order valence-electron chi connectivity index (χ3n) is 3.99. The first kappa shape index (κ1) is 19.5. The van der Waals surface area contributed by atoms with E-state index in [1.165, 1.54) is 15.9 Å². The van der Waals surface area contributed by atoms with Crippen molar-refractivity contribution in [2.24, 2.45) is 7.05 Å². The Hall–Kier alpha value is -2.26. The minimum Gasteiger partial charge on any atom is -0.496 e. The molecular weight excluding hydrogens is 384 g/mol. The van der Waals surface area contributed by atoms with Gasteiger partial charge >= 0.3 is 0 Å². The zero-order valence-electron chi connectivity index (χ0n) is 15.9. The summed E-state index contributed by atoms with van der Waals surface area (Å²) in [5.74, 6) is 0.822. The summed E-state index contributed by atoms with van der Waals surface area (Å²) >= 11 is 1.47. The minimum atomic E-state index is -3.69. The highest BCUT2D eigenvalue weighted by molar-refractivity contribution is 7.90. The average Bonchev–Trinajstić information content (AvgIpc) is 3.21. The van der Waals surface area contributed by atoms with Crippen LogP contribution in [-0.2, 0) is 28.1 Å². The summed E-state index contributed by atoms with van der Waals surface area (Å²) in [6, 6.07) is 7.28.